The molecule has 0 N–H and O–H groups in total. The largest absolute Gasteiger partial charge is 0.365 e. The molecule has 0 atom stereocenters. The maximum absolute atomic E-state index is 12.8. The topological polar surface area (TPSA) is 38.7 Å². The van der Waals surface area contributed by atoms with Gasteiger partial charge < -0.3 is 4.84 Å². The van der Waals surface area contributed by atoms with Crippen molar-refractivity contribution in [2.45, 2.75) is 12.8 Å². The molecule has 4 heteroatoms. The molecule has 0 saturated heterocycles. The molecule has 0 fully saturated rings. The lowest BCUT2D eigenvalue weighted by atomic mass is 10.1. The molecule has 2 aromatic carbocycles. The van der Waals surface area contributed by atoms with E-state index in [1.165, 1.54) is 35.4 Å². The number of carbonyl (C=O) groups is 1. The highest BCUT2D eigenvalue weighted by molar-refractivity contribution is 5.94. The maximum atomic E-state index is 12.8. The minimum absolute atomic E-state index is 0.284. The van der Waals surface area contributed by atoms with Crippen molar-refractivity contribution in [1.29, 1.82) is 0 Å². The summed E-state index contributed by atoms with van der Waals surface area (Å²) in [5.41, 5.74) is 3.53. The molecular weight excluding hydrogens is 257 g/mol. The van der Waals surface area contributed by atoms with E-state index in [9.17, 15) is 9.18 Å². The lowest BCUT2D eigenvalue weighted by molar-refractivity contribution is 0.0515. The molecule has 0 aromatic heterocycles. The lowest BCUT2D eigenvalue weighted by Crippen LogP contribution is -2.05. The van der Waals surface area contributed by atoms with Crippen molar-refractivity contribution in [3.05, 3.63) is 71.0 Å². The third-order valence-electron chi connectivity index (χ3n) is 3.24. The molecule has 0 unspecified atom stereocenters. The van der Waals surface area contributed by atoms with Crippen molar-refractivity contribution in [2.24, 2.45) is 5.16 Å². The zero-order valence-electron chi connectivity index (χ0n) is 10.7. The molecule has 1 aliphatic carbocycles. The average Bonchev–Trinajstić information content (AvgIpc) is 2.88. The van der Waals surface area contributed by atoms with Crippen molar-refractivity contribution < 1.29 is 14.0 Å². The van der Waals surface area contributed by atoms with Gasteiger partial charge in [0, 0.05) is 12.8 Å². The van der Waals surface area contributed by atoms with Crippen LogP contribution < -0.4 is 0 Å². The van der Waals surface area contributed by atoms with E-state index in [1.807, 2.05) is 24.3 Å². The van der Waals surface area contributed by atoms with Gasteiger partial charge in [-0.3, -0.25) is 0 Å². The molecule has 2 aromatic rings. The SMILES string of the molecule is O=C(ON=C1Cc2ccccc2C1)c1ccc(F)cc1. The van der Waals surface area contributed by atoms with Crippen LogP contribution in [-0.4, -0.2) is 11.7 Å². The molecule has 0 spiro atoms. The van der Waals surface area contributed by atoms with Crippen molar-refractivity contribution in [3.8, 4) is 0 Å². The smallest absolute Gasteiger partial charge is 0.313 e. The molecule has 0 aliphatic heterocycles. The fourth-order valence-electron chi connectivity index (χ4n) is 2.21. The van der Waals surface area contributed by atoms with E-state index in [0.29, 0.717) is 12.8 Å². The van der Waals surface area contributed by atoms with Gasteiger partial charge in [0.05, 0.1) is 11.3 Å². The van der Waals surface area contributed by atoms with Gasteiger partial charge in [-0.15, -0.1) is 0 Å². The predicted octanol–water partition coefficient (Wildman–Crippen LogP) is 3.14. The van der Waals surface area contributed by atoms with Gasteiger partial charge in [0.1, 0.15) is 5.82 Å². The molecule has 0 radical (unpaired) electrons. The Labute approximate surface area is 115 Å². The number of benzene rings is 2. The lowest BCUT2D eigenvalue weighted by Gasteiger charge is -1.99. The van der Waals surface area contributed by atoms with Crippen LogP contribution in [0.1, 0.15) is 21.5 Å². The monoisotopic (exact) mass is 269 g/mol. The van der Waals surface area contributed by atoms with Gasteiger partial charge >= 0.3 is 5.97 Å². The fourth-order valence-corrected chi connectivity index (χ4v) is 2.21. The standard InChI is InChI=1S/C16H12FNO2/c17-14-7-5-11(6-8-14)16(19)20-18-15-9-12-3-1-2-4-13(12)10-15/h1-8H,9-10H2. The molecule has 0 heterocycles. The van der Waals surface area contributed by atoms with E-state index in [-0.39, 0.29) is 11.4 Å². The summed E-state index contributed by atoms with van der Waals surface area (Å²) >= 11 is 0. The Morgan fingerprint density at radius 3 is 2.20 bits per heavy atom. The molecule has 0 bridgehead atoms. The van der Waals surface area contributed by atoms with Crippen LogP contribution in [0.2, 0.25) is 0 Å². The molecule has 1 aliphatic rings. The van der Waals surface area contributed by atoms with Crippen molar-refractivity contribution in [1.82, 2.24) is 0 Å². The van der Waals surface area contributed by atoms with E-state index in [0.717, 1.165) is 5.71 Å². The number of oxime groups is 1. The van der Waals surface area contributed by atoms with Crippen molar-refractivity contribution in [2.75, 3.05) is 0 Å². The Kier molecular flexibility index (Phi) is 3.29. The highest BCUT2D eigenvalue weighted by atomic mass is 19.1. The number of fused-ring (bicyclic) bond motifs is 1. The summed E-state index contributed by atoms with van der Waals surface area (Å²) in [5.74, 6) is -0.965. The second-order valence-corrected chi connectivity index (χ2v) is 4.67. The quantitative estimate of drug-likeness (QED) is 0.620. The molecule has 0 saturated carbocycles. The van der Waals surface area contributed by atoms with E-state index in [2.05, 4.69) is 5.16 Å². The molecule has 20 heavy (non-hydrogen) atoms. The predicted molar refractivity (Wildman–Crippen MR) is 73.1 cm³/mol. The number of halogens is 1. The first kappa shape index (κ1) is 12.5. The number of hydrogen-bond donors (Lipinski definition) is 0. The zero-order chi connectivity index (χ0) is 13.9. The van der Waals surface area contributed by atoms with Crippen molar-refractivity contribution >= 4 is 11.7 Å². The summed E-state index contributed by atoms with van der Waals surface area (Å²) in [5, 5.41) is 3.91. The highest BCUT2D eigenvalue weighted by Gasteiger charge is 2.17. The first-order valence-corrected chi connectivity index (χ1v) is 6.32. The normalized spacial score (nSPS) is 12.9. The maximum Gasteiger partial charge on any atom is 0.365 e. The Morgan fingerprint density at radius 2 is 1.60 bits per heavy atom. The Bertz CT molecular complexity index is 650. The Balaban J connectivity index is 1.67. The van der Waals surface area contributed by atoms with Crippen LogP contribution in [0, 0.1) is 5.82 Å². The molecule has 3 nitrogen and oxygen atoms in total. The van der Waals surface area contributed by atoms with Crippen LogP contribution in [0.3, 0.4) is 0 Å². The average molecular weight is 269 g/mol. The van der Waals surface area contributed by atoms with Gasteiger partial charge in [0.2, 0.25) is 0 Å². The number of hydrogen-bond acceptors (Lipinski definition) is 3. The Hall–Kier alpha value is -2.49. The van der Waals surface area contributed by atoms with Gasteiger partial charge in [0.15, 0.2) is 0 Å². The summed E-state index contributed by atoms with van der Waals surface area (Å²) < 4.78 is 12.8. The van der Waals surface area contributed by atoms with Crippen LogP contribution in [-0.2, 0) is 17.7 Å². The van der Waals surface area contributed by atoms with E-state index in [4.69, 9.17) is 4.84 Å². The minimum atomic E-state index is -0.576. The molecule has 3 rings (SSSR count). The first-order chi connectivity index (χ1) is 9.72. The van der Waals surface area contributed by atoms with E-state index < -0.39 is 5.97 Å². The summed E-state index contributed by atoms with van der Waals surface area (Å²) in [7, 11) is 0. The van der Waals surface area contributed by atoms with Gasteiger partial charge in [0.25, 0.3) is 0 Å². The van der Waals surface area contributed by atoms with Crippen LogP contribution in [0.4, 0.5) is 4.39 Å². The highest BCUT2D eigenvalue weighted by Crippen LogP contribution is 2.19. The van der Waals surface area contributed by atoms with E-state index >= 15 is 0 Å². The second kappa shape index (κ2) is 5.25. The van der Waals surface area contributed by atoms with Crippen LogP contribution >= 0.6 is 0 Å². The summed E-state index contributed by atoms with van der Waals surface area (Å²) in [6.45, 7) is 0. The van der Waals surface area contributed by atoms with Gasteiger partial charge in [-0.2, -0.15) is 0 Å². The zero-order valence-corrected chi connectivity index (χ0v) is 10.7. The third kappa shape index (κ3) is 2.59. The molecular formula is C16H12FNO2. The fraction of sp³-hybridized carbons (Fsp3) is 0.125. The van der Waals surface area contributed by atoms with Crippen LogP contribution in [0.25, 0.3) is 0 Å². The first-order valence-electron chi connectivity index (χ1n) is 6.32. The van der Waals surface area contributed by atoms with Crippen molar-refractivity contribution in [3.63, 3.8) is 0 Å². The summed E-state index contributed by atoms with van der Waals surface area (Å²) in [6.07, 6.45) is 1.40. The number of carbonyl (C=O) groups excluding carboxylic acids is 1. The van der Waals surface area contributed by atoms with Gasteiger partial charge in [-0.25, -0.2) is 9.18 Å². The third-order valence-corrected chi connectivity index (χ3v) is 3.24. The molecule has 100 valence electrons. The van der Waals surface area contributed by atoms with E-state index in [1.54, 1.807) is 0 Å². The number of rotatable bonds is 2. The number of nitrogens with zero attached hydrogens (tertiary/aromatic N) is 1. The van der Waals surface area contributed by atoms with Gasteiger partial charge in [-0.05, 0) is 35.4 Å². The minimum Gasteiger partial charge on any atom is -0.313 e. The van der Waals surface area contributed by atoms with Gasteiger partial charge in [-0.1, -0.05) is 29.4 Å². The molecule has 0 amide bonds. The summed E-state index contributed by atoms with van der Waals surface area (Å²) in [4.78, 5) is 16.6. The van der Waals surface area contributed by atoms with Crippen LogP contribution in [0.15, 0.2) is 53.7 Å². The summed E-state index contributed by atoms with van der Waals surface area (Å²) in [6, 6.07) is 13.2. The second-order valence-electron chi connectivity index (χ2n) is 4.67. The van der Waals surface area contributed by atoms with Crippen LogP contribution in [0.5, 0.6) is 0 Å². The Morgan fingerprint density at radius 1 is 1.00 bits per heavy atom.